The Bertz CT molecular complexity index is 1040. The van der Waals surface area contributed by atoms with Gasteiger partial charge in [-0.25, -0.2) is 9.18 Å². The minimum Gasteiger partial charge on any atom is -0.452 e. The van der Waals surface area contributed by atoms with Gasteiger partial charge in [-0.1, -0.05) is 53.2 Å². The zero-order valence-corrected chi connectivity index (χ0v) is 16.3. The van der Waals surface area contributed by atoms with Crippen LogP contribution in [-0.4, -0.2) is 30.2 Å². The highest BCUT2D eigenvalue weighted by Gasteiger charge is 2.24. The first-order valence-electron chi connectivity index (χ1n) is 8.85. The van der Waals surface area contributed by atoms with Gasteiger partial charge in [0.1, 0.15) is 22.8 Å². The lowest BCUT2D eigenvalue weighted by molar-refractivity contribution is -0.124. The van der Waals surface area contributed by atoms with Crippen molar-refractivity contribution in [2.75, 3.05) is 13.2 Å². The van der Waals surface area contributed by atoms with Crippen LogP contribution >= 0.6 is 11.6 Å². The van der Waals surface area contributed by atoms with Crippen molar-refractivity contribution in [2.24, 2.45) is 0 Å². The fraction of sp³-hybridized carbons (Fsp3) is 0.190. The number of benzene rings is 2. The maximum atomic E-state index is 13.6. The largest absolute Gasteiger partial charge is 0.452 e. The molecule has 0 aliphatic carbocycles. The van der Waals surface area contributed by atoms with Crippen LogP contribution in [0.3, 0.4) is 0 Å². The maximum absolute atomic E-state index is 13.6. The number of aryl methyl sites for hydroxylation is 1. The highest BCUT2D eigenvalue weighted by Crippen LogP contribution is 2.31. The normalized spacial score (nSPS) is 10.6. The van der Waals surface area contributed by atoms with E-state index in [0.717, 1.165) is 0 Å². The number of amides is 1. The summed E-state index contributed by atoms with van der Waals surface area (Å²) in [4.78, 5) is 24.4. The second kappa shape index (κ2) is 9.34. The summed E-state index contributed by atoms with van der Waals surface area (Å²) >= 11 is 6.17. The van der Waals surface area contributed by atoms with Crippen molar-refractivity contribution in [3.63, 3.8) is 0 Å². The SMILES string of the molecule is Cc1onc(-c2ccccc2Cl)c1C(=O)OCC(=O)NCCc1ccccc1F. The molecular weight excluding hydrogens is 399 g/mol. The lowest BCUT2D eigenvalue weighted by atomic mass is 10.1. The zero-order valence-electron chi connectivity index (χ0n) is 15.6. The minimum absolute atomic E-state index is 0.109. The molecule has 3 aromatic rings. The van der Waals surface area contributed by atoms with Gasteiger partial charge in [0, 0.05) is 12.1 Å². The van der Waals surface area contributed by atoms with Crippen LogP contribution in [0.15, 0.2) is 53.1 Å². The van der Waals surface area contributed by atoms with Gasteiger partial charge in [-0.2, -0.15) is 0 Å². The molecule has 150 valence electrons. The van der Waals surface area contributed by atoms with E-state index in [0.29, 0.717) is 22.6 Å². The van der Waals surface area contributed by atoms with Gasteiger partial charge >= 0.3 is 5.97 Å². The fourth-order valence-electron chi connectivity index (χ4n) is 2.74. The Labute approximate surface area is 171 Å². The van der Waals surface area contributed by atoms with E-state index in [-0.39, 0.29) is 29.4 Å². The number of nitrogens with zero attached hydrogens (tertiary/aromatic N) is 1. The fourth-order valence-corrected chi connectivity index (χ4v) is 2.97. The number of hydrogen-bond acceptors (Lipinski definition) is 5. The third kappa shape index (κ3) is 5.00. The molecule has 6 nitrogen and oxygen atoms in total. The van der Waals surface area contributed by atoms with E-state index in [9.17, 15) is 14.0 Å². The highest BCUT2D eigenvalue weighted by atomic mass is 35.5. The Morgan fingerprint density at radius 2 is 1.90 bits per heavy atom. The second-order valence-electron chi connectivity index (χ2n) is 6.21. The standard InChI is InChI=1S/C21H18ClFN2O4/c1-13-19(20(25-29-13)15-7-3-4-8-16(15)22)21(27)28-12-18(26)24-11-10-14-6-2-5-9-17(14)23/h2-9H,10-12H2,1H3,(H,24,26). The number of rotatable bonds is 7. The van der Waals surface area contributed by atoms with Gasteiger partial charge in [-0.15, -0.1) is 0 Å². The van der Waals surface area contributed by atoms with Gasteiger partial charge in [0.05, 0.1) is 5.02 Å². The monoisotopic (exact) mass is 416 g/mol. The molecule has 0 fully saturated rings. The molecule has 0 atom stereocenters. The topological polar surface area (TPSA) is 81.4 Å². The van der Waals surface area contributed by atoms with Crippen molar-refractivity contribution in [1.82, 2.24) is 10.5 Å². The quantitative estimate of drug-likeness (QED) is 0.589. The molecule has 0 saturated heterocycles. The lowest BCUT2D eigenvalue weighted by Gasteiger charge is -2.08. The number of ether oxygens (including phenoxy) is 1. The van der Waals surface area contributed by atoms with Crippen LogP contribution in [0.4, 0.5) is 4.39 Å². The predicted molar refractivity (Wildman–Crippen MR) is 105 cm³/mol. The van der Waals surface area contributed by atoms with E-state index in [4.69, 9.17) is 20.9 Å². The van der Waals surface area contributed by atoms with Crippen molar-refractivity contribution in [3.8, 4) is 11.3 Å². The summed E-state index contributed by atoms with van der Waals surface area (Å²) in [6.07, 6.45) is 0.327. The minimum atomic E-state index is -0.747. The maximum Gasteiger partial charge on any atom is 0.344 e. The van der Waals surface area contributed by atoms with Crippen molar-refractivity contribution in [1.29, 1.82) is 0 Å². The van der Waals surface area contributed by atoms with Crippen molar-refractivity contribution in [2.45, 2.75) is 13.3 Å². The van der Waals surface area contributed by atoms with E-state index in [1.165, 1.54) is 6.07 Å². The summed E-state index contributed by atoms with van der Waals surface area (Å²) < 4.78 is 23.8. The van der Waals surface area contributed by atoms with E-state index < -0.39 is 18.5 Å². The summed E-state index contributed by atoms with van der Waals surface area (Å²) in [6.45, 7) is 1.30. The summed E-state index contributed by atoms with van der Waals surface area (Å²) in [5, 5.41) is 6.88. The van der Waals surface area contributed by atoms with E-state index in [1.807, 2.05) is 0 Å². The first-order valence-corrected chi connectivity index (χ1v) is 9.23. The lowest BCUT2D eigenvalue weighted by Crippen LogP contribution is -2.30. The van der Waals surface area contributed by atoms with Gasteiger partial charge in [-0.3, -0.25) is 4.79 Å². The summed E-state index contributed by atoms with van der Waals surface area (Å²) in [5.74, 6) is -1.32. The number of carbonyl (C=O) groups excluding carboxylic acids is 2. The zero-order chi connectivity index (χ0) is 20.8. The Balaban J connectivity index is 1.57. The van der Waals surface area contributed by atoms with Crippen LogP contribution in [-0.2, 0) is 16.0 Å². The van der Waals surface area contributed by atoms with Crippen molar-refractivity contribution in [3.05, 3.63) is 76.3 Å². The average Bonchev–Trinajstić information content (AvgIpc) is 3.09. The number of carbonyl (C=O) groups is 2. The molecule has 0 aliphatic rings. The van der Waals surface area contributed by atoms with Crippen LogP contribution in [0.25, 0.3) is 11.3 Å². The Morgan fingerprint density at radius 1 is 1.17 bits per heavy atom. The Hall–Kier alpha value is -3.19. The molecule has 8 heteroatoms. The second-order valence-corrected chi connectivity index (χ2v) is 6.62. The number of nitrogens with one attached hydrogen (secondary N) is 1. The first kappa shape index (κ1) is 20.5. The number of halogens is 2. The summed E-state index contributed by atoms with van der Waals surface area (Å²) in [6, 6.07) is 13.2. The smallest absolute Gasteiger partial charge is 0.344 e. The third-order valence-electron chi connectivity index (χ3n) is 4.20. The van der Waals surface area contributed by atoms with Gasteiger partial charge in [0.15, 0.2) is 6.61 Å². The molecule has 29 heavy (non-hydrogen) atoms. The molecule has 0 spiro atoms. The van der Waals surface area contributed by atoms with Crippen LogP contribution in [0.5, 0.6) is 0 Å². The molecule has 2 aromatic carbocycles. The number of hydrogen-bond donors (Lipinski definition) is 1. The van der Waals surface area contributed by atoms with Gasteiger partial charge in [-0.05, 0) is 31.0 Å². The molecule has 1 heterocycles. The average molecular weight is 417 g/mol. The first-order chi connectivity index (χ1) is 14.0. The predicted octanol–water partition coefficient (Wildman–Crippen LogP) is 3.96. The summed E-state index contributed by atoms with van der Waals surface area (Å²) in [5.41, 5.74) is 1.37. The van der Waals surface area contributed by atoms with Crippen molar-refractivity contribution < 1.29 is 23.2 Å². The molecule has 0 radical (unpaired) electrons. The number of aromatic nitrogens is 1. The summed E-state index contributed by atoms with van der Waals surface area (Å²) in [7, 11) is 0. The molecule has 0 unspecified atom stereocenters. The van der Waals surface area contributed by atoms with Crippen LogP contribution in [0.1, 0.15) is 21.7 Å². The van der Waals surface area contributed by atoms with Gasteiger partial charge < -0.3 is 14.6 Å². The molecule has 1 aromatic heterocycles. The van der Waals surface area contributed by atoms with Gasteiger partial charge in [0.25, 0.3) is 5.91 Å². The highest BCUT2D eigenvalue weighted by molar-refractivity contribution is 6.33. The molecule has 1 N–H and O–H groups in total. The van der Waals surface area contributed by atoms with E-state index >= 15 is 0 Å². The van der Waals surface area contributed by atoms with Crippen LogP contribution in [0.2, 0.25) is 5.02 Å². The van der Waals surface area contributed by atoms with E-state index in [2.05, 4.69) is 10.5 Å². The van der Waals surface area contributed by atoms with E-state index in [1.54, 1.807) is 49.4 Å². The molecule has 0 saturated carbocycles. The number of esters is 1. The molecule has 3 rings (SSSR count). The molecule has 1 amide bonds. The molecular formula is C21H18ClFN2O4. The Morgan fingerprint density at radius 3 is 2.66 bits per heavy atom. The third-order valence-corrected chi connectivity index (χ3v) is 4.53. The molecule has 0 bridgehead atoms. The Kier molecular flexibility index (Phi) is 6.61. The van der Waals surface area contributed by atoms with Crippen LogP contribution < -0.4 is 5.32 Å². The van der Waals surface area contributed by atoms with Crippen molar-refractivity contribution >= 4 is 23.5 Å². The van der Waals surface area contributed by atoms with Crippen LogP contribution in [0, 0.1) is 12.7 Å². The molecule has 0 aliphatic heterocycles. The van der Waals surface area contributed by atoms with Gasteiger partial charge in [0.2, 0.25) is 0 Å².